The van der Waals surface area contributed by atoms with Gasteiger partial charge in [0.25, 0.3) is 0 Å². The van der Waals surface area contributed by atoms with Gasteiger partial charge >= 0.3 is 5.97 Å². The van der Waals surface area contributed by atoms with Crippen LogP contribution < -0.4 is 4.74 Å². The lowest BCUT2D eigenvalue weighted by Gasteiger charge is -2.38. The van der Waals surface area contributed by atoms with Gasteiger partial charge in [-0.05, 0) is 24.1 Å². The van der Waals surface area contributed by atoms with Crippen LogP contribution in [0.5, 0.6) is 11.5 Å². The Morgan fingerprint density at radius 3 is 2.48 bits per heavy atom. The number of carboxylic acids is 1. The second-order valence-electron chi connectivity index (χ2n) is 5.13. The summed E-state index contributed by atoms with van der Waals surface area (Å²) >= 11 is 0. The molecule has 0 radical (unpaired) electrons. The fourth-order valence-electron chi connectivity index (χ4n) is 2.21. The molecule has 0 unspecified atom stereocenters. The van der Waals surface area contributed by atoms with Gasteiger partial charge in [-0.15, -0.1) is 0 Å². The number of carboxylic acid groups (broad SMARTS) is 1. The highest BCUT2D eigenvalue weighted by atomic mass is 16.7. The standard InChI is InChI=1S/C14H18O9/c15-4-3-6-1-2-7(16)8(5-6)22-14-11(19)9(17)10(18)12(23-14)13(20)21/h1-2,5,9-12,14-19H,3-4H2,(H,20,21)/t9-,10-,11+,12-,14+/m0/s1. The Bertz CT molecular complexity index is 561. The van der Waals surface area contributed by atoms with E-state index in [1.807, 2.05) is 0 Å². The maximum absolute atomic E-state index is 11.0. The van der Waals surface area contributed by atoms with Gasteiger partial charge in [-0.3, -0.25) is 0 Å². The number of hydrogen-bond acceptors (Lipinski definition) is 8. The van der Waals surface area contributed by atoms with Gasteiger partial charge in [-0.2, -0.15) is 0 Å². The zero-order valence-corrected chi connectivity index (χ0v) is 11.9. The molecule has 1 fully saturated rings. The number of hydrogen-bond donors (Lipinski definition) is 6. The second-order valence-corrected chi connectivity index (χ2v) is 5.13. The third-order valence-electron chi connectivity index (χ3n) is 3.48. The van der Waals surface area contributed by atoms with Crippen molar-refractivity contribution in [3.05, 3.63) is 23.8 Å². The quantitative estimate of drug-likeness (QED) is 0.366. The van der Waals surface area contributed by atoms with E-state index in [9.17, 15) is 25.2 Å². The fourth-order valence-corrected chi connectivity index (χ4v) is 2.21. The van der Waals surface area contributed by atoms with Gasteiger partial charge in [0, 0.05) is 6.61 Å². The highest BCUT2D eigenvalue weighted by Crippen LogP contribution is 2.31. The molecule has 0 aliphatic carbocycles. The van der Waals surface area contributed by atoms with Crippen molar-refractivity contribution in [1.82, 2.24) is 0 Å². The molecule has 5 atom stereocenters. The maximum atomic E-state index is 11.0. The smallest absolute Gasteiger partial charge is 0.335 e. The zero-order valence-electron chi connectivity index (χ0n) is 11.9. The van der Waals surface area contributed by atoms with Gasteiger partial charge in [-0.1, -0.05) is 6.07 Å². The van der Waals surface area contributed by atoms with Crippen LogP contribution in [0, 0.1) is 0 Å². The zero-order chi connectivity index (χ0) is 17.1. The minimum Gasteiger partial charge on any atom is -0.504 e. The van der Waals surface area contributed by atoms with Crippen LogP contribution in [0.2, 0.25) is 0 Å². The second kappa shape index (κ2) is 7.11. The summed E-state index contributed by atoms with van der Waals surface area (Å²) in [5, 5.41) is 56.8. The van der Waals surface area contributed by atoms with Gasteiger partial charge in [0.1, 0.15) is 18.3 Å². The van der Waals surface area contributed by atoms with Crippen LogP contribution in [0.3, 0.4) is 0 Å². The summed E-state index contributed by atoms with van der Waals surface area (Å²) in [4.78, 5) is 11.0. The first-order valence-electron chi connectivity index (χ1n) is 6.87. The molecule has 1 aromatic rings. The third kappa shape index (κ3) is 3.71. The first kappa shape index (κ1) is 17.4. The van der Waals surface area contributed by atoms with Crippen molar-refractivity contribution in [3.8, 4) is 11.5 Å². The number of phenolic OH excluding ortho intramolecular Hbond substituents is 1. The number of ether oxygens (including phenoxy) is 2. The van der Waals surface area contributed by atoms with E-state index in [4.69, 9.17) is 19.7 Å². The molecule has 1 heterocycles. The molecule has 1 aliphatic rings. The molecule has 0 spiro atoms. The average molecular weight is 330 g/mol. The van der Waals surface area contributed by atoms with Crippen molar-refractivity contribution in [2.75, 3.05) is 6.61 Å². The molecule has 0 aromatic heterocycles. The monoisotopic (exact) mass is 330 g/mol. The Labute approximate surface area is 130 Å². The Morgan fingerprint density at radius 2 is 1.87 bits per heavy atom. The van der Waals surface area contributed by atoms with E-state index in [2.05, 4.69) is 0 Å². The molecule has 0 bridgehead atoms. The van der Waals surface area contributed by atoms with Gasteiger partial charge in [-0.25, -0.2) is 4.79 Å². The molecule has 6 N–H and O–H groups in total. The van der Waals surface area contributed by atoms with E-state index in [0.717, 1.165) is 0 Å². The first-order chi connectivity index (χ1) is 10.8. The van der Waals surface area contributed by atoms with E-state index < -0.39 is 36.7 Å². The number of carbonyl (C=O) groups is 1. The van der Waals surface area contributed by atoms with E-state index >= 15 is 0 Å². The lowest BCUT2D eigenvalue weighted by molar-refractivity contribution is -0.271. The number of aliphatic carboxylic acids is 1. The predicted octanol–water partition coefficient (Wildman–Crippen LogP) is -1.80. The summed E-state index contributed by atoms with van der Waals surface area (Å²) in [6.07, 6.45) is -8.44. The van der Waals surface area contributed by atoms with Crippen molar-refractivity contribution in [3.63, 3.8) is 0 Å². The summed E-state index contributed by atoms with van der Waals surface area (Å²) < 4.78 is 10.2. The molecule has 128 valence electrons. The van der Waals surface area contributed by atoms with E-state index in [0.29, 0.717) is 12.0 Å². The molecule has 0 amide bonds. The van der Waals surface area contributed by atoms with Gasteiger partial charge in [0.05, 0.1) is 0 Å². The third-order valence-corrected chi connectivity index (χ3v) is 3.48. The maximum Gasteiger partial charge on any atom is 0.335 e. The molecule has 9 nitrogen and oxygen atoms in total. The number of benzene rings is 1. The molecule has 1 saturated heterocycles. The first-order valence-corrected chi connectivity index (χ1v) is 6.87. The molecule has 0 saturated carbocycles. The fraction of sp³-hybridized carbons (Fsp3) is 0.500. The molecular weight excluding hydrogens is 312 g/mol. The van der Waals surface area contributed by atoms with Crippen LogP contribution in [0.1, 0.15) is 5.56 Å². The number of aliphatic hydroxyl groups excluding tert-OH is 4. The molecule has 2 rings (SSSR count). The highest BCUT2D eigenvalue weighted by molar-refractivity contribution is 5.73. The Hall–Kier alpha value is -1.91. The van der Waals surface area contributed by atoms with Gasteiger partial charge < -0.3 is 40.1 Å². The van der Waals surface area contributed by atoms with E-state index in [-0.39, 0.29) is 18.1 Å². The summed E-state index contributed by atoms with van der Waals surface area (Å²) in [6, 6.07) is 4.24. The molecule has 23 heavy (non-hydrogen) atoms. The molecule has 9 heteroatoms. The number of phenols is 1. The van der Waals surface area contributed by atoms with Crippen LogP contribution in [0.25, 0.3) is 0 Å². The summed E-state index contributed by atoms with van der Waals surface area (Å²) in [6.45, 7) is -0.126. The SMILES string of the molecule is O=C(O)[C@H]1O[C@@H](Oc2cc(CCO)ccc2O)[C@H](O)[C@@H](O)[C@@H]1O. The van der Waals surface area contributed by atoms with Gasteiger partial charge in [0.2, 0.25) is 6.29 Å². The Balaban J connectivity index is 2.21. The van der Waals surface area contributed by atoms with Crippen molar-refractivity contribution in [2.24, 2.45) is 0 Å². The van der Waals surface area contributed by atoms with Crippen LogP contribution in [0.4, 0.5) is 0 Å². The lowest BCUT2D eigenvalue weighted by atomic mass is 9.99. The minimum absolute atomic E-state index is 0.118. The number of rotatable bonds is 5. The molecule has 1 aliphatic heterocycles. The van der Waals surface area contributed by atoms with Crippen LogP contribution >= 0.6 is 0 Å². The van der Waals surface area contributed by atoms with Crippen molar-refractivity contribution < 1.29 is 44.9 Å². The number of aliphatic hydroxyl groups is 4. The van der Waals surface area contributed by atoms with Crippen LogP contribution in [-0.4, -0.2) is 73.9 Å². The van der Waals surface area contributed by atoms with E-state index in [1.165, 1.54) is 12.1 Å². The van der Waals surface area contributed by atoms with Crippen molar-refractivity contribution in [2.45, 2.75) is 37.1 Å². The van der Waals surface area contributed by atoms with Crippen molar-refractivity contribution >= 4 is 5.97 Å². The average Bonchev–Trinajstić information content (AvgIpc) is 2.50. The largest absolute Gasteiger partial charge is 0.504 e. The summed E-state index contributed by atoms with van der Waals surface area (Å²) in [7, 11) is 0. The van der Waals surface area contributed by atoms with Crippen molar-refractivity contribution in [1.29, 1.82) is 0 Å². The van der Waals surface area contributed by atoms with Crippen LogP contribution in [-0.2, 0) is 16.0 Å². The number of aromatic hydroxyl groups is 1. The van der Waals surface area contributed by atoms with Crippen LogP contribution in [0.15, 0.2) is 18.2 Å². The topological polar surface area (TPSA) is 157 Å². The minimum atomic E-state index is -1.82. The summed E-state index contributed by atoms with van der Waals surface area (Å²) in [5.41, 5.74) is 0.626. The Morgan fingerprint density at radius 1 is 1.17 bits per heavy atom. The Kier molecular flexibility index (Phi) is 5.39. The molecule has 1 aromatic carbocycles. The summed E-state index contributed by atoms with van der Waals surface area (Å²) in [5.74, 6) is -1.95. The van der Waals surface area contributed by atoms with Gasteiger partial charge in [0.15, 0.2) is 17.6 Å². The predicted molar refractivity (Wildman–Crippen MR) is 73.8 cm³/mol. The normalized spacial score (nSPS) is 30.9. The molecular formula is C14H18O9. The highest BCUT2D eigenvalue weighted by Gasteiger charge is 2.48. The van der Waals surface area contributed by atoms with E-state index in [1.54, 1.807) is 6.07 Å². The lowest BCUT2D eigenvalue weighted by Crippen LogP contribution is -2.61.